The van der Waals surface area contributed by atoms with Crippen LogP contribution in [-0.2, 0) is 10.0 Å². The van der Waals surface area contributed by atoms with E-state index in [1.807, 2.05) is 13.0 Å². The fourth-order valence-corrected chi connectivity index (χ4v) is 3.39. The average Bonchev–Trinajstić information content (AvgIpc) is 2.47. The minimum Gasteiger partial charge on any atom is -0.489 e. The van der Waals surface area contributed by atoms with Gasteiger partial charge in [0, 0.05) is 6.07 Å². The van der Waals surface area contributed by atoms with Crippen LogP contribution in [-0.4, -0.2) is 15.0 Å². The molecular formula is C17H19NO3S. The van der Waals surface area contributed by atoms with Gasteiger partial charge >= 0.3 is 0 Å². The first-order valence-corrected chi connectivity index (χ1v) is 8.34. The van der Waals surface area contributed by atoms with Crippen molar-refractivity contribution in [2.75, 3.05) is 11.3 Å². The van der Waals surface area contributed by atoms with Crippen molar-refractivity contribution in [1.29, 1.82) is 0 Å². The predicted molar refractivity (Wildman–Crippen MR) is 88.9 cm³/mol. The van der Waals surface area contributed by atoms with E-state index in [-0.39, 0.29) is 4.90 Å². The van der Waals surface area contributed by atoms with Gasteiger partial charge < -0.3 is 4.74 Å². The molecule has 2 aromatic carbocycles. The van der Waals surface area contributed by atoms with Gasteiger partial charge in [-0.25, -0.2) is 8.42 Å². The van der Waals surface area contributed by atoms with E-state index in [0.29, 0.717) is 23.6 Å². The maximum absolute atomic E-state index is 12.5. The summed E-state index contributed by atoms with van der Waals surface area (Å²) in [5.74, 6) is 0.584. The highest BCUT2D eigenvalue weighted by Crippen LogP contribution is 2.23. The fraction of sp³-hybridized carbons (Fsp3) is 0.176. The van der Waals surface area contributed by atoms with Crippen LogP contribution in [0.25, 0.3) is 0 Å². The molecule has 1 N–H and O–H groups in total. The Morgan fingerprint density at radius 1 is 1.18 bits per heavy atom. The first-order chi connectivity index (χ1) is 10.4. The van der Waals surface area contributed by atoms with E-state index in [1.165, 1.54) is 0 Å². The number of benzene rings is 2. The van der Waals surface area contributed by atoms with Crippen LogP contribution < -0.4 is 9.46 Å². The zero-order chi connectivity index (χ0) is 16.2. The highest BCUT2D eigenvalue weighted by atomic mass is 32.2. The van der Waals surface area contributed by atoms with Gasteiger partial charge in [-0.15, -0.1) is 0 Å². The Bertz CT molecular complexity index is 782. The molecule has 2 aromatic rings. The minimum atomic E-state index is -3.63. The maximum Gasteiger partial charge on any atom is 0.262 e. The summed E-state index contributed by atoms with van der Waals surface area (Å²) in [5.41, 5.74) is 2.06. The SMILES string of the molecule is C=CCOc1cccc(NS(=O)(=O)c2cc(C)ccc2C)c1. The number of anilines is 1. The largest absolute Gasteiger partial charge is 0.489 e. The Morgan fingerprint density at radius 3 is 2.68 bits per heavy atom. The highest BCUT2D eigenvalue weighted by Gasteiger charge is 2.17. The van der Waals surface area contributed by atoms with Crippen molar-refractivity contribution in [3.8, 4) is 5.75 Å². The summed E-state index contributed by atoms with van der Waals surface area (Å²) in [5, 5.41) is 0. The Hall–Kier alpha value is -2.27. The molecular weight excluding hydrogens is 298 g/mol. The molecule has 4 nitrogen and oxygen atoms in total. The molecule has 0 radical (unpaired) electrons. The molecule has 0 fully saturated rings. The van der Waals surface area contributed by atoms with Crippen LogP contribution in [0.5, 0.6) is 5.75 Å². The smallest absolute Gasteiger partial charge is 0.262 e. The molecule has 0 bridgehead atoms. The van der Waals surface area contributed by atoms with Crippen LogP contribution in [0.1, 0.15) is 11.1 Å². The molecule has 0 aliphatic rings. The highest BCUT2D eigenvalue weighted by molar-refractivity contribution is 7.92. The van der Waals surface area contributed by atoms with Crippen LogP contribution in [0, 0.1) is 13.8 Å². The van der Waals surface area contributed by atoms with Crippen molar-refractivity contribution in [3.05, 3.63) is 66.2 Å². The molecule has 0 heterocycles. The topological polar surface area (TPSA) is 55.4 Å². The molecule has 0 aromatic heterocycles. The number of nitrogens with one attached hydrogen (secondary N) is 1. The van der Waals surface area contributed by atoms with E-state index in [2.05, 4.69) is 11.3 Å². The molecule has 0 spiro atoms. The average molecular weight is 317 g/mol. The van der Waals surface area contributed by atoms with Gasteiger partial charge in [-0.05, 0) is 43.2 Å². The normalized spacial score (nSPS) is 11.0. The second kappa shape index (κ2) is 6.66. The van der Waals surface area contributed by atoms with E-state index in [9.17, 15) is 8.42 Å². The maximum atomic E-state index is 12.5. The molecule has 0 aliphatic carbocycles. The minimum absolute atomic E-state index is 0.282. The van der Waals surface area contributed by atoms with Gasteiger partial charge in [0.2, 0.25) is 0 Å². The second-order valence-corrected chi connectivity index (χ2v) is 6.65. The molecule has 116 valence electrons. The number of hydrogen-bond acceptors (Lipinski definition) is 3. The first kappa shape index (κ1) is 16.1. The van der Waals surface area contributed by atoms with Gasteiger partial charge in [-0.2, -0.15) is 0 Å². The monoisotopic (exact) mass is 317 g/mol. The summed E-state index contributed by atoms with van der Waals surface area (Å²) in [6.45, 7) is 7.59. The summed E-state index contributed by atoms with van der Waals surface area (Å²) in [4.78, 5) is 0.282. The number of aryl methyl sites for hydroxylation is 2. The quantitative estimate of drug-likeness (QED) is 0.827. The Kier molecular flexibility index (Phi) is 4.88. The van der Waals surface area contributed by atoms with E-state index in [4.69, 9.17) is 4.74 Å². The number of sulfonamides is 1. The first-order valence-electron chi connectivity index (χ1n) is 6.86. The molecule has 5 heteroatoms. The lowest BCUT2D eigenvalue weighted by atomic mass is 10.2. The molecule has 0 saturated carbocycles. The predicted octanol–water partition coefficient (Wildman–Crippen LogP) is 3.67. The van der Waals surface area contributed by atoms with E-state index in [0.717, 1.165) is 5.56 Å². The van der Waals surface area contributed by atoms with Crippen molar-refractivity contribution in [1.82, 2.24) is 0 Å². The van der Waals surface area contributed by atoms with Crippen molar-refractivity contribution in [2.24, 2.45) is 0 Å². The van der Waals surface area contributed by atoms with Crippen LogP contribution in [0.15, 0.2) is 60.0 Å². The van der Waals surface area contributed by atoms with Gasteiger partial charge in [-0.1, -0.05) is 30.9 Å². The standard InChI is InChI=1S/C17H19NO3S/c1-4-10-21-16-7-5-6-15(12-16)18-22(19,20)17-11-13(2)8-9-14(17)3/h4-9,11-12,18H,1,10H2,2-3H3. The fourth-order valence-electron chi connectivity index (χ4n) is 2.01. The lowest BCUT2D eigenvalue weighted by Gasteiger charge is -2.12. The van der Waals surface area contributed by atoms with Crippen LogP contribution >= 0.6 is 0 Å². The molecule has 0 unspecified atom stereocenters. The van der Waals surface area contributed by atoms with Crippen molar-refractivity contribution in [2.45, 2.75) is 18.7 Å². The van der Waals surface area contributed by atoms with E-state index in [1.54, 1.807) is 49.4 Å². The van der Waals surface area contributed by atoms with Crippen LogP contribution in [0.3, 0.4) is 0 Å². The van der Waals surface area contributed by atoms with Crippen LogP contribution in [0.2, 0.25) is 0 Å². The molecule has 0 amide bonds. The number of hydrogen-bond donors (Lipinski definition) is 1. The lowest BCUT2D eigenvalue weighted by Crippen LogP contribution is -2.14. The second-order valence-electron chi connectivity index (χ2n) is 5.00. The van der Waals surface area contributed by atoms with Gasteiger partial charge in [0.05, 0.1) is 10.6 Å². The lowest BCUT2D eigenvalue weighted by molar-refractivity contribution is 0.363. The van der Waals surface area contributed by atoms with E-state index < -0.39 is 10.0 Å². The summed E-state index contributed by atoms with van der Waals surface area (Å²) in [7, 11) is -3.63. The Balaban J connectivity index is 2.29. The molecule has 0 atom stereocenters. The van der Waals surface area contributed by atoms with Crippen molar-refractivity contribution >= 4 is 15.7 Å². The van der Waals surface area contributed by atoms with E-state index >= 15 is 0 Å². The molecule has 22 heavy (non-hydrogen) atoms. The van der Waals surface area contributed by atoms with Crippen LogP contribution in [0.4, 0.5) is 5.69 Å². The third-order valence-electron chi connectivity index (χ3n) is 3.09. The van der Waals surface area contributed by atoms with Gasteiger partial charge in [0.15, 0.2) is 0 Å². The number of ether oxygens (including phenoxy) is 1. The van der Waals surface area contributed by atoms with Gasteiger partial charge in [-0.3, -0.25) is 4.72 Å². The van der Waals surface area contributed by atoms with Gasteiger partial charge in [0.1, 0.15) is 12.4 Å². The Morgan fingerprint density at radius 2 is 1.95 bits per heavy atom. The Labute approximate surface area is 131 Å². The summed E-state index contributed by atoms with van der Waals surface area (Å²) in [6, 6.07) is 12.2. The number of rotatable bonds is 6. The van der Waals surface area contributed by atoms with Gasteiger partial charge in [0.25, 0.3) is 10.0 Å². The summed E-state index contributed by atoms with van der Waals surface area (Å²) >= 11 is 0. The molecule has 2 rings (SSSR count). The third kappa shape index (κ3) is 3.89. The summed E-state index contributed by atoms with van der Waals surface area (Å²) < 4.78 is 33.1. The molecule has 0 saturated heterocycles. The van der Waals surface area contributed by atoms with Crippen molar-refractivity contribution in [3.63, 3.8) is 0 Å². The zero-order valence-electron chi connectivity index (χ0n) is 12.7. The third-order valence-corrected chi connectivity index (χ3v) is 4.61. The zero-order valence-corrected chi connectivity index (χ0v) is 13.5. The van der Waals surface area contributed by atoms with Crippen molar-refractivity contribution < 1.29 is 13.2 Å². The summed E-state index contributed by atoms with van der Waals surface area (Å²) in [6.07, 6.45) is 1.63. The molecule has 0 aliphatic heterocycles.